The van der Waals surface area contributed by atoms with E-state index in [0.717, 1.165) is 13.0 Å². The number of para-hydroxylation sites is 1. The van der Waals surface area contributed by atoms with Gasteiger partial charge in [-0.15, -0.1) is 0 Å². The number of ether oxygens (including phenoxy) is 2. The first kappa shape index (κ1) is 16.2. The molecule has 0 radical (unpaired) electrons. The van der Waals surface area contributed by atoms with Crippen molar-refractivity contribution in [3.63, 3.8) is 0 Å². The van der Waals surface area contributed by atoms with E-state index in [0.29, 0.717) is 31.1 Å². The summed E-state index contributed by atoms with van der Waals surface area (Å²) in [5, 5.41) is 11.6. The minimum atomic E-state index is -0.165. The van der Waals surface area contributed by atoms with Crippen LogP contribution >= 0.6 is 0 Å². The second-order valence-electron chi connectivity index (χ2n) is 4.18. The van der Waals surface area contributed by atoms with Gasteiger partial charge in [0.15, 0.2) is 0 Å². The number of hydrogen-bond donors (Lipinski definition) is 1. The van der Waals surface area contributed by atoms with Gasteiger partial charge in [0.2, 0.25) is 5.91 Å². The number of benzene rings is 1. The fraction of sp³-hybridized carbons (Fsp3) is 0.467. The zero-order valence-electron chi connectivity index (χ0n) is 11.7. The summed E-state index contributed by atoms with van der Waals surface area (Å²) < 4.78 is 10.5. The maximum Gasteiger partial charge on any atom is 0.226 e. The van der Waals surface area contributed by atoms with Crippen LogP contribution in [0.2, 0.25) is 0 Å². The number of amides is 1. The first-order valence-electron chi connectivity index (χ1n) is 6.72. The molecule has 0 aliphatic rings. The van der Waals surface area contributed by atoms with Gasteiger partial charge in [-0.25, -0.2) is 0 Å². The Morgan fingerprint density at radius 2 is 1.90 bits per heavy atom. The van der Waals surface area contributed by atoms with Gasteiger partial charge in [0.25, 0.3) is 0 Å². The highest BCUT2D eigenvalue weighted by atomic mass is 16.5. The Bertz CT molecular complexity index is 455. The maximum absolute atomic E-state index is 11.7. The molecule has 1 amide bonds. The van der Waals surface area contributed by atoms with E-state index in [9.17, 15) is 4.79 Å². The van der Waals surface area contributed by atoms with E-state index in [1.807, 2.05) is 13.0 Å². The highest BCUT2D eigenvalue weighted by Gasteiger charge is 2.05. The normalized spacial score (nSPS) is 10.0. The summed E-state index contributed by atoms with van der Waals surface area (Å²) in [7, 11) is 0. The molecule has 5 heteroatoms. The number of rotatable bonds is 9. The average Bonchev–Trinajstić information content (AvgIpc) is 2.47. The monoisotopic (exact) mass is 276 g/mol. The van der Waals surface area contributed by atoms with Crippen molar-refractivity contribution >= 4 is 11.6 Å². The van der Waals surface area contributed by atoms with Crippen molar-refractivity contribution in [1.82, 2.24) is 0 Å². The Morgan fingerprint density at radius 3 is 2.60 bits per heavy atom. The Hall–Kier alpha value is -1.90. The minimum Gasteiger partial charge on any atom is -0.379 e. The third-order valence-corrected chi connectivity index (χ3v) is 2.52. The van der Waals surface area contributed by atoms with Gasteiger partial charge in [-0.3, -0.25) is 4.79 Å². The minimum absolute atomic E-state index is 0.165. The van der Waals surface area contributed by atoms with E-state index in [1.54, 1.807) is 24.3 Å². The van der Waals surface area contributed by atoms with Crippen molar-refractivity contribution in [2.45, 2.75) is 19.8 Å². The van der Waals surface area contributed by atoms with E-state index < -0.39 is 0 Å². The smallest absolute Gasteiger partial charge is 0.226 e. The molecule has 0 aliphatic heterocycles. The highest BCUT2D eigenvalue weighted by molar-refractivity contribution is 5.92. The number of carbonyl (C=O) groups excluding carboxylic acids is 1. The predicted octanol–water partition coefficient (Wildman–Crippen LogP) is 2.33. The molecule has 0 unspecified atom stereocenters. The molecule has 0 saturated heterocycles. The summed E-state index contributed by atoms with van der Waals surface area (Å²) in [6.45, 7) is 4.16. The topological polar surface area (TPSA) is 71.3 Å². The summed E-state index contributed by atoms with van der Waals surface area (Å²) in [6, 6.07) is 8.94. The molecule has 20 heavy (non-hydrogen) atoms. The lowest BCUT2D eigenvalue weighted by Crippen LogP contribution is -2.16. The zero-order chi connectivity index (χ0) is 14.6. The fourth-order valence-corrected chi connectivity index (χ4v) is 1.53. The average molecular weight is 276 g/mol. The third-order valence-electron chi connectivity index (χ3n) is 2.52. The fourth-order valence-electron chi connectivity index (χ4n) is 1.53. The number of anilines is 1. The van der Waals surface area contributed by atoms with Gasteiger partial charge in [0, 0.05) is 6.61 Å². The summed E-state index contributed by atoms with van der Waals surface area (Å²) in [5.41, 5.74) is 0.987. The van der Waals surface area contributed by atoms with Crippen molar-refractivity contribution in [3.05, 3.63) is 29.8 Å². The van der Waals surface area contributed by atoms with E-state index in [1.165, 1.54) is 0 Å². The lowest BCUT2D eigenvalue weighted by atomic mass is 10.2. The predicted molar refractivity (Wildman–Crippen MR) is 76.3 cm³/mol. The number of nitrogens with one attached hydrogen (secondary N) is 1. The van der Waals surface area contributed by atoms with Crippen LogP contribution in [-0.2, 0) is 14.3 Å². The first-order valence-corrected chi connectivity index (χ1v) is 6.72. The van der Waals surface area contributed by atoms with Crippen LogP contribution in [0.1, 0.15) is 25.3 Å². The number of nitriles is 1. The molecule has 0 bridgehead atoms. The SMILES string of the molecule is CCCOCCOCCC(=O)Nc1ccccc1C#N. The number of hydrogen-bond acceptors (Lipinski definition) is 4. The van der Waals surface area contributed by atoms with Gasteiger partial charge in [-0.2, -0.15) is 5.26 Å². The van der Waals surface area contributed by atoms with Crippen LogP contribution in [0.3, 0.4) is 0 Å². The molecule has 108 valence electrons. The Labute approximate surface area is 119 Å². The van der Waals surface area contributed by atoms with Crippen LogP contribution < -0.4 is 5.32 Å². The summed E-state index contributed by atoms with van der Waals surface area (Å²) in [5.74, 6) is -0.165. The molecule has 1 N–H and O–H groups in total. The molecule has 0 atom stereocenters. The lowest BCUT2D eigenvalue weighted by Gasteiger charge is -2.07. The van der Waals surface area contributed by atoms with Crippen LogP contribution in [0.5, 0.6) is 0 Å². The first-order chi connectivity index (χ1) is 9.77. The van der Waals surface area contributed by atoms with Gasteiger partial charge in [-0.05, 0) is 18.6 Å². The van der Waals surface area contributed by atoms with Crippen molar-refractivity contribution < 1.29 is 14.3 Å². The van der Waals surface area contributed by atoms with Crippen LogP contribution in [0.25, 0.3) is 0 Å². The lowest BCUT2D eigenvalue weighted by molar-refractivity contribution is -0.117. The molecule has 0 heterocycles. The van der Waals surface area contributed by atoms with Crippen LogP contribution in [0.4, 0.5) is 5.69 Å². The second-order valence-corrected chi connectivity index (χ2v) is 4.18. The van der Waals surface area contributed by atoms with E-state index >= 15 is 0 Å². The molecule has 0 aromatic heterocycles. The van der Waals surface area contributed by atoms with Gasteiger partial charge in [-0.1, -0.05) is 19.1 Å². The van der Waals surface area contributed by atoms with Gasteiger partial charge >= 0.3 is 0 Å². The van der Waals surface area contributed by atoms with E-state index in [-0.39, 0.29) is 12.3 Å². The van der Waals surface area contributed by atoms with Gasteiger partial charge < -0.3 is 14.8 Å². The molecular weight excluding hydrogens is 256 g/mol. The molecule has 0 fully saturated rings. The van der Waals surface area contributed by atoms with Gasteiger partial charge in [0.05, 0.1) is 37.5 Å². The summed E-state index contributed by atoms with van der Waals surface area (Å²) in [4.78, 5) is 11.7. The molecule has 0 spiro atoms. The zero-order valence-corrected chi connectivity index (χ0v) is 11.7. The standard InChI is InChI=1S/C15H20N2O3/c1-2-8-19-10-11-20-9-7-15(18)17-14-6-4-3-5-13(14)12-16/h3-6H,2,7-11H2,1H3,(H,17,18). The largest absolute Gasteiger partial charge is 0.379 e. The molecule has 0 aliphatic carbocycles. The molecule has 5 nitrogen and oxygen atoms in total. The quantitative estimate of drug-likeness (QED) is 0.703. The molecular formula is C15H20N2O3. The molecule has 0 saturated carbocycles. The maximum atomic E-state index is 11.7. The Kier molecular flexibility index (Phi) is 8.04. The van der Waals surface area contributed by atoms with Crippen molar-refractivity contribution in [3.8, 4) is 6.07 Å². The van der Waals surface area contributed by atoms with Crippen molar-refractivity contribution in [2.75, 3.05) is 31.7 Å². The van der Waals surface area contributed by atoms with Crippen LogP contribution in [0.15, 0.2) is 24.3 Å². The van der Waals surface area contributed by atoms with Crippen LogP contribution in [0, 0.1) is 11.3 Å². The summed E-state index contributed by atoms with van der Waals surface area (Å²) >= 11 is 0. The number of carbonyl (C=O) groups is 1. The Balaban J connectivity index is 2.19. The molecule has 1 aromatic rings. The van der Waals surface area contributed by atoms with Gasteiger partial charge in [0.1, 0.15) is 6.07 Å². The second kappa shape index (κ2) is 9.96. The molecule has 1 rings (SSSR count). The van der Waals surface area contributed by atoms with Crippen LogP contribution in [-0.4, -0.2) is 32.3 Å². The highest BCUT2D eigenvalue weighted by Crippen LogP contribution is 2.13. The Morgan fingerprint density at radius 1 is 1.20 bits per heavy atom. The van der Waals surface area contributed by atoms with E-state index in [2.05, 4.69) is 5.32 Å². The summed E-state index contributed by atoms with van der Waals surface area (Å²) in [6.07, 6.45) is 1.24. The van der Waals surface area contributed by atoms with E-state index in [4.69, 9.17) is 14.7 Å². The molecule has 1 aromatic carbocycles. The van der Waals surface area contributed by atoms with Crippen molar-refractivity contribution in [2.24, 2.45) is 0 Å². The van der Waals surface area contributed by atoms with Crippen molar-refractivity contribution in [1.29, 1.82) is 5.26 Å². The third kappa shape index (κ3) is 6.32. The number of nitrogens with zero attached hydrogens (tertiary/aromatic N) is 1.